The van der Waals surface area contributed by atoms with Gasteiger partial charge in [0.2, 0.25) is 0 Å². The Labute approximate surface area is 103 Å². The molecule has 0 radical (unpaired) electrons. The second-order valence-electron chi connectivity index (χ2n) is 3.96. The second-order valence-corrected chi connectivity index (χ2v) is 5.41. The standard InChI is InChI=1S/C12H16N2O2S/c1-2-3-4-7-17(15)12-14-10-6-5-9(13)8-11(10)16-12/h5-6,8H,2-4,7,13H2,1H3. The van der Waals surface area contributed by atoms with Gasteiger partial charge in [0.05, 0.1) is 0 Å². The van der Waals surface area contributed by atoms with Gasteiger partial charge in [-0.05, 0) is 18.6 Å². The van der Waals surface area contributed by atoms with Crippen molar-refractivity contribution in [1.29, 1.82) is 0 Å². The average molecular weight is 252 g/mol. The van der Waals surface area contributed by atoms with Gasteiger partial charge < -0.3 is 10.2 Å². The van der Waals surface area contributed by atoms with E-state index in [1.54, 1.807) is 18.2 Å². The van der Waals surface area contributed by atoms with Gasteiger partial charge in [0.15, 0.2) is 5.58 Å². The van der Waals surface area contributed by atoms with Crippen LogP contribution in [0.1, 0.15) is 26.2 Å². The zero-order chi connectivity index (χ0) is 12.3. The number of oxazole rings is 1. The first-order valence-corrected chi connectivity index (χ1v) is 7.07. The summed E-state index contributed by atoms with van der Waals surface area (Å²) in [6.45, 7) is 2.12. The molecule has 4 nitrogen and oxygen atoms in total. The number of hydrogen-bond acceptors (Lipinski definition) is 4. The molecule has 1 atom stereocenters. The lowest BCUT2D eigenvalue weighted by Crippen LogP contribution is -1.98. The Morgan fingerprint density at radius 3 is 3.00 bits per heavy atom. The molecule has 1 unspecified atom stereocenters. The zero-order valence-electron chi connectivity index (χ0n) is 9.81. The molecule has 0 fully saturated rings. The molecule has 5 heteroatoms. The van der Waals surface area contributed by atoms with Crippen LogP contribution >= 0.6 is 0 Å². The number of hydrogen-bond donors (Lipinski definition) is 1. The summed E-state index contributed by atoms with van der Waals surface area (Å²) < 4.78 is 17.3. The highest BCUT2D eigenvalue weighted by molar-refractivity contribution is 7.84. The molecule has 0 spiro atoms. The van der Waals surface area contributed by atoms with Crippen LogP contribution in [-0.2, 0) is 10.8 Å². The molecule has 1 heterocycles. The molecule has 1 aromatic heterocycles. The minimum absolute atomic E-state index is 0.307. The van der Waals surface area contributed by atoms with Crippen molar-refractivity contribution >= 4 is 27.6 Å². The van der Waals surface area contributed by atoms with E-state index >= 15 is 0 Å². The summed E-state index contributed by atoms with van der Waals surface area (Å²) in [6, 6.07) is 5.24. The van der Waals surface area contributed by atoms with E-state index < -0.39 is 10.8 Å². The van der Waals surface area contributed by atoms with Crippen LogP contribution in [-0.4, -0.2) is 14.9 Å². The van der Waals surface area contributed by atoms with E-state index in [0.717, 1.165) is 19.3 Å². The molecular weight excluding hydrogens is 236 g/mol. The lowest BCUT2D eigenvalue weighted by atomic mass is 10.3. The third-order valence-corrected chi connectivity index (χ3v) is 3.74. The number of fused-ring (bicyclic) bond motifs is 1. The van der Waals surface area contributed by atoms with Crippen LogP contribution < -0.4 is 5.73 Å². The Kier molecular flexibility index (Phi) is 3.78. The van der Waals surface area contributed by atoms with Gasteiger partial charge in [0, 0.05) is 17.5 Å². The predicted molar refractivity (Wildman–Crippen MR) is 69.2 cm³/mol. The zero-order valence-corrected chi connectivity index (χ0v) is 10.6. The Bertz CT molecular complexity index is 536. The van der Waals surface area contributed by atoms with Crippen molar-refractivity contribution in [2.75, 3.05) is 11.5 Å². The van der Waals surface area contributed by atoms with E-state index in [9.17, 15) is 4.21 Å². The molecule has 2 rings (SSSR count). The maximum absolute atomic E-state index is 11.9. The summed E-state index contributed by atoms with van der Waals surface area (Å²) in [5.74, 6) is 0.607. The topological polar surface area (TPSA) is 69.1 Å². The highest BCUT2D eigenvalue weighted by atomic mass is 32.2. The molecule has 0 bridgehead atoms. The molecule has 2 aromatic rings. The van der Waals surface area contributed by atoms with Crippen molar-refractivity contribution in [2.45, 2.75) is 31.4 Å². The van der Waals surface area contributed by atoms with Gasteiger partial charge in [0.25, 0.3) is 5.22 Å². The molecular formula is C12H16N2O2S. The van der Waals surface area contributed by atoms with Crippen molar-refractivity contribution in [2.24, 2.45) is 0 Å². The Hall–Kier alpha value is -1.36. The van der Waals surface area contributed by atoms with Crippen molar-refractivity contribution in [1.82, 2.24) is 4.98 Å². The summed E-state index contributed by atoms with van der Waals surface area (Å²) in [7, 11) is -1.14. The van der Waals surface area contributed by atoms with E-state index in [0.29, 0.717) is 27.8 Å². The largest absolute Gasteiger partial charge is 0.430 e. The first kappa shape index (κ1) is 12.1. The lowest BCUT2D eigenvalue weighted by Gasteiger charge is -1.95. The van der Waals surface area contributed by atoms with E-state index in [4.69, 9.17) is 10.2 Å². The number of benzene rings is 1. The number of unbranched alkanes of at least 4 members (excludes halogenated alkanes) is 2. The predicted octanol–water partition coefficient (Wildman–Crippen LogP) is 2.71. The molecule has 0 amide bonds. The summed E-state index contributed by atoms with van der Waals surface area (Å²) >= 11 is 0. The molecule has 92 valence electrons. The van der Waals surface area contributed by atoms with Crippen LogP contribution in [0, 0.1) is 0 Å². The van der Waals surface area contributed by atoms with Crippen LogP contribution in [0.15, 0.2) is 27.8 Å². The summed E-state index contributed by atoms with van der Waals surface area (Å²) in [4.78, 5) is 4.21. The first-order valence-electron chi connectivity index (χ1n) is 5.75. The van der Waals surface area contributed by atoms with Crippen LogP contribution in [0.4, 0.5) is 5.69 Å². The van der Waals surface area contributed by atoms with Gasteiger partial charge in [-0.1, -0.05) is 19.8 Å². The summed E-state index contributed by atoms with van der Waals surface area (Å²) in [6.07, 6.45) is 3.13. The fraction of sp³-hybridized carbons (Fsp3) is 0.417. The quantitative estimate of drug-likeness (QED) is 0.656. The van der Waals surface area contributed by atoms with Crippen LogP contribution in [0.5, 0.6) is 0 Å². The normalized spacial score (nSPS) is 13.0. The molecule has 2 N–H and O–H groups in total. The summed E-state index contributed by atoms with van der Waals surface area (Å²) in [5.41, 5.74) is 7.57. The highest BCUT2D eigenvalue weighted by Gasteiger charge is 2.12. The Balaban J connectivity index is 2.15. The Morgan fingerprint density at radius 1 is 1.41 bits per heavy atom. The number of nitrogens with two attached hydrogens (primary N) is 1. The number of nitrogens with zero attached hydrogens (tertiary/aromatic N) is 1. The van der Waals surface area contributed by atoms with Gasteiger partial charge >= 0.3 is 0 Å². The third-order valence-electron chi connectivity index (χ3n) is 2.52. The van der Waals surface area contributed by atoms with Gasteiger partial charge in [-0.2, -0.15) is 0 Å². The third kappa shape index (κ3) is 2.85. The minimum atomic E-state index is -1.14. The SMILES string of the molecule is CCCCCS(=O)c1nc2ccc(N)cc2o1. The molecule has 0 aliphatic heterocycles. The fourth-order valence-corrected chi connectivity index (χ4v) is 2.61. The van der Waals surface area contributed by atoms with E-state index in [-0.39, 0.29) is 0 Å². The molecule has 0 aliphatic carbocycles. The maximum Gasteiger partial charge on any atom is 0.287 e. The second kappa shape index (κ2) is 5.31. The van der Waals surface area contributed by atoms with Crippen molar-refractivity contribution in [3.63, 3.8) is 0 Å². The number of nitrogen functional groups attached to an aromatic ring is 1. The lowest BCUT2D eigenvalue weighted by molar-refractivity contribution is 0.477. The number of rotatable bonds is 5. The van der Waals surface area contributed by atoms with Gasteiger partial charge in [-0.3, -0.25) is 0 Å². The smallest absolute Gasteiger partial charge is 0.287 e. The average Bonchev–Trinajstić information content (AvgIpc) is 2.72. The van der Waals surface area contributed by atoms with E-state index in [1.165, 1.54) is 0 Å². The summed E-state index contributed by atoms with van der Waals surface area (Å²) in [5, 5.41) is 0.307. The maximum atomic E-state index is 11.9. The molecule has 0 saturated heterocycles. The Morgan fingerprint density at radius 2 is 2.24 bits per heavy atom. The first-order chi connectivity index (χ1) is 8.20. The van der Waals surface area contributed by atoms with Crippen molar-refractivity contribution in [3.05, 3.63) is 18.2 Å². The van der Waals surface area contributed by atoms with Gasteiger partial charge in [0.1, 0.15) is 16.3 Å². The highest BCUT2D eigenvalue weighted by Crippen LogP contribution is 2.20. The van der Waals surface area contributed by atoms with Gasteiger partial charge in [-0.15, -0.1) is 0 Å². The molecule has 17 heavy (non-hydrogen) atoms. The van der Waals surface area contributed by atoms with Crippen LogP contribution in [0.3, 0.4) is 0 Å². The monoisotopic (exact) mass is 252 g/mol. The number of aromatic nitrogens is 1. The minimum Gasteiger partial charge on any atom is -0.430 e. The molecule has 1 aromatic carbocycles. The van der Waals surface area contributed by atoms with Gasteiger partial charge in [-0.25, -0.2) is 9.19 Å². The van der Waals surface area contributed by atoms with E-state index in [1.807, 2.05) is 0 Å². The van der Waals surface area contributed by atoms with E-state index in [2.05, 4.69) is 11.9 Å². The fourth-order valence-electron chi connectivity index (χ4n) is 1.59. The van der Waals surface area contributed by atoms with Crippen LogP contribution in [0.25, 0.3) is 11.1 Å². The molecule has 0 aliphatic rings. The number of anilines is 1. The van der Waals surface area contributed by atoms with Crippen molar-refractivity contribution in [3.8, 4) is 0 Å². The van der Waals surface area contributed by atoms with Crippen molar-refractivity contribution < 1.29 is 8.63 Å². The van der Waals surface area contributed by atoms with Crippen LogP contribution in [0.2, 0.25) is 0 Å². The molecule has 0 saturated carbocycles.